The van der Waals surface area contributed by atoms with Gasteiger partial charge < -0.3 is 5.11 Å². The minimum Gasteiger partial charge on any atom is -0.392 e. The fourth-order valence-electron chi connectivity index (χ4n) is 2.58. The third kappa shape index (κ3) is 3.68. The van der Waals surface area contributed by atoms with Crippen molar-refractivity contribution in [2.45, 2.75) is 32.3 Å². The highest BCUT2D eigenvalue weighted by atomic mass is 16.3. The van der Waals surface area contributed by atoms with Gasteiger partial charge in [-0.15, -0.1) is 0 Å². The second-order valence-corrected chi connectivity index (χ2v) is 5.50. The summed E-state index contributed by atoms with van der Waals surface area (Å²) < 4.78 is 0. The Hall–Kier alpha value is -1.60. The zero-order valence-electron chi connectivity index (χ0n) is 11.7. The Kier molecular flexibility index (Phi) is 4.75. The minimum absolute atomic E-state index is 0.0600. The molecule has 1 nitrogen and oxygen atoms in total. The number of hydrogen-bond acceptors (Lipinski definition) is 1. The van der Waals surface area contributed by atoms with E-state index >= 15 is 0 Å². The SMILES string of the molecule is CC(C)CC(O)C(c1ccccc1)c1ccccc1. The van der Waals surface area contributed by atoms with Gasteiger partial charge in [-0.25, -0.2) is 0 Å². The van der Waals surface area contributed by atoms with E-state index in [2.05, 4.69) is 38.1 Å². The summed E-state index contributed by atoms with van der Waals surface area (Å²) in [5, 5.41) is 10.6. The first kappa shape index (κ1) is 13.8. The highest BCUT2D eigenvalue weighted by Crippen LogP contribution is 2.30. The maximum absolute atomic E-state index is 10.6. The predicted octanol–water partition coefficient (Wildman–Crippen LogP) is 4.23. The van der Waals surface area contributed by atoms with Gasteiger partial charge in [0.1, 0.15) is 0 Å². The van der Waals surface area contributed by atoms with Crippen molar-refractivity contribution in [3.63, 3.8) is 0 Å². The number of rotatable bonds is 5. The Morgan fingerprint density at radius 3 is 1.58 bits per heavy atom. The van der Waals surface area contributed by atoms with Gasteiger partial charge in [-0.1, -0.05) is 74.5 Å². The Morgan fingerprint density at radius 2 is 1.21 bits per heavy atom. The third-order valence-corrected chi connectivity index (χ3v) is 3.42. The van der Waals surface area contributed by atoms with E-state index in [0.717, 1.165) is 6.42 Å². The second-order valence-electron chi connectivity index (χ2n) is 5.50. The van der Waals surface area contributed by atoms with Gasteiger partial charge in [0.05, 0.1) is 6.10 Å². The Morgan fingerprint density at radius 1 is 0.789 bits per heavy atom. The fraction of sp³-hybridized carbons (Fsp3) is 0.333. The molecule has 2 rings (SSSR count). The van der Waals surface area contributed by atoms with Crippen molar-refractivity contribution in [3.8, 4) is 0 Å². The molecule has 1 N–H and O–H groups in total. The van der Waals surface area contributed by atoms with Crippen LogP contribution in [0.3, 0.4) is 0 Å². The van der Waals surface area contributed by atoms with Crippen molar-refractivity contribution in [3.05, 3.63) is 71.8 Å². The summed E-state index contributed by atoms with van der Waals surface area (Å²) in [5.41, 5.74) is 2.36. The van der Waals surface area contributed by atoms with Crippen LogP contribution in [0.1, 0.15) is 37.3 Å². The van der Waals surface area contributed by atoms with E-state index in [4.69, 9.17) is 0 Å². The van der Waals surface area contributed by atoms with E-state index in [1.807, 2.05) is 36.4 Å². The fourth-order valence-corrected chi connectivity index (χ4v) is 2.58. The molecule has 0 spiro atoms. The molecule has 19 heavy (non-hydrogen) atoms. The van der Waals surface area contributed by atoms with Crippen molar-refractivity contribution in [1.29, 1.82) is 0 Å². The zero-order valence-corrected chi connectivity index (χ0v) is 11.7. The largest absolute Gasteiger partial charge is 0.392 e. The smallest absolute Gasteiger partial charge is 0.0651 e. The highest BCUT2D eigenvalue weighted by molar-refractivity contribution is 5.33. The first-order valence-electron chi connectivity index (χ1n) is 6.96. The van der Waals surface area contributed by atoms with Crippen LogP contribution in [0.5, 0.6) is 0 Å². The summed E-state index contributed by atoms with van der Waals surface area (Å²) >= 11 is 0. The maximum atomic E-state index is 10.6. The molecular formula is C18H22O. The van der Waals surface area contributed by atoms with Crippen molar-refractivity contribution >= 4 is 0 Å². The predicted molar refractivity (Wildman–Crippen MR) is 80.2 cm³/mol. The van der Waals surface area contributed by atoms with Crippen LogP contribution in [0.2, 0.25) is 0 Å². The second kappa shape index (κ2) is 6.53. The summed E-state index contributed by atoms with van der Waals surface area (Å²) in [7, 11) is 0. The van der Waals surface area contributed by atoms with Gasteiger partial charge in [0, 0.05) is 5.92 Å². The molecular weight excluding hydrogens is 232 g/mol. The van der Waals surface area contributed by atoms with E-state index in [-0.39, 0.29) is 12.0 Å². The number of aliphatic hydroxyl groups excluding tert-OH is 1. The highest BCUT2D eigenvalue weighted by Gasteiger charge is 2.23. The average Bonchev–Trinajstić information content (AvgIpc) is 2.40. The molecule has 0 heterocycles. The van der Waals surface area contributed by atoms with Gasteiger partial charge in [-0.05, 0) is 23.5 Å². The van der Waals surface area contributed by atoms with Crippen LogP contribution in [0, 0.1) is 5.92 Å². The minimum atomic E-state index is -0.343. The molecule has 0 aliphatic heterocycles. The lowest BCUT2D eigenvalue weighted by Gasteiger charge is -2.25. The molecule has 0 aliphatic carbocycles. The molecule has 0 amide bonds. The molecule has 0 bridgehead atoms. The summed E-state index contributed by atoms with van der Waals surface area (Å²) in [5.74, 6) is 0.551. The quantitative estimate of drug-likeness (QED) is 0.846. The van der Waals surface area contributed by atoms with Crippen LogP contribution in [0.15, 0.2) is 60.7 Å². The van der Waals surface area contributed by atoms with E-state index in [1.165, 1.54) is 11.1 Å². The Labute approximate surface area is 115 Å². The van der Waals surface area contributed by atoms with E-state index in [9.17, 15) is 5.11 Å². The molecule has 2 aromatic rings. The lowest BCUT2D eigenvalue weighted by Crippen LogP contribution is -2.21. The number of hydrogen-bond donors (Lipinski definition) is 1. The monoisotopic (exact) mass is 254 g/mol. The first-order valence-corrected chi connectivity index (χ1v) is 6.96. The van der Waals surface area contributed by atoms with Gasteiger partial charge in [-0.3, -0.25) is 0 Å². The number of benzene rings is 2. The molecule has 0 saturated carbocycles. The molecule has 0 fully saturated rings. The zero-order chi connectivity index (χ0) is 13.7. The van der Waals surface area contributed by atoms with Crippen molar-refractivity contribution in [1.82, 2.24) is 0 Å². The summed E-state index contributed by atoms with van der Waals surface area (Å²) in [6, 6.07) is 20.6. The Balaban J connectivity index is 2.34. The van der Waals surface area contributed by atoms with Crippen LogP contribution >= 0.6 is 0 Å². The van der Waals surface area contributed by atoms with E-state index in [1.54, 1.807) is 0 Å². The molecule has 0 aromatic heterocycles. The topological polar surface area (TPSA) is 20.2 Å². The molecule has 1 atom stereocenters. The lowest BCUT2D eigenvalue weighted by atomic mass is 9.83. The van der Waals surface area contributed by atoms with Crippen molar-refractivity contribution in [2.24, 2.45) is 5.92 Å². The summed E-state index contributed by atoms with van der Waals surface area (Å²) in [6.45, 7) is 4.30. The molecule has 0 radical (unpaired) electrons. The number of aliphatic hydroxyl groups is 1. The van der Waals surface area contributed by atoms with Crippen molar-refractivity contribution in [2.75, 3.05) is 0 Å². The van der Waals surface area contributed by atoms with Crippen LogP contribution in [-0.4, -0.2) is 11.2 Å². The molecule has 0 saturated heterocycles. The summed E-state index contributed by atoms with van der Waals surface area (Å²) in [4.78, 5) is 0. The lowest BCUT2D eigenvalue weighted by molar-refractivity contribution is 0.132. The first-order chi connectivity index (χ1) is 9.18. The van der Waals surface area contributed by atoms with Gasteiger partial charge >= 0.3 is 0 Å². The van der Waals surface area contributed by atoms with Gasteiger partial charge in [-0.2, -0.15) is 0 Å². The normalized spacial score (nSPS) is 12.9. The van der Waals surface area contributed by atoms with Crippen LogP contribution < -0.4 is 0 Å². The van der Waals surface area contributed by atoms with Crippen LogP contribution in [-0.2, 0) is 0 Å². The molecule has 2 aromatic carbocycles. The van der Waals surface area contributed by atoms with Crippen LogP contribution in [0.25, 0.3) is 0 Å². The molecule has 100 valence electrons. The maximum Gasteiger partial charge on any atom is 0.0651 e. The van der Waals surface area contributed by atoms with E-state index in [0.29, 0.717) is 5.92 Å². The van der Waals surface area contributed by atoms with Gasteiger partial charge in [0.2, 0.25) is 0 Å². The average molecular weight is 254 g/mol. The van der Waals surface area contributed by atoms with Crippen molar-refractivity contribution < 1.29 is 5.11 Å². The van der Waals surface area contributed by atoms with E-state index < -0.39 is 0 Å². The molecule has 0 aliphatic rings. The Bertz CT molecular complexity index is 436. The third-order valence-electron chi connectivity index (χ3n) is 3.42. The standard InChI is InChI=1S/C18H22O/c1-14(2)13-17(19)18(15-9-5-3-6-10-15)16-11-7-4-8-12-16/h3-12,14,17-19H,13H2,1-2H3. The molecule has 1 heteroatoms. The molecule has 1 unspecified atom stereocenters. The van der Waals surface area contributed by atoms with Crippen LogP contribution in [0.4, 0.5) is 0 Å². The van der Waals surface area contributed by atoms with Gasteiger partial charge in [0.25, 0.3) is 0 Å². The van der Waals surface area contributed by atoms with Gasteiger partial charge in [0.15, 0.2) is 0 Å². The summed E-state index contributed by atoms with van der Waals surface area (Å²) in [6.07, 6.45) is 0.471.